The van der Waals surface area contributed by atoms with Gasteiger partial charge in [-0.25, -0.2) is 9.80 Å². The van der Waals surface area contributed by atoms with E-state index in [0.717, 1.165) is 19.4 Å². The van der Waals surface area contributed by atoms with Crippen molar-refractivity contribution < 1.29 is 14.3 Å². The van der Waals surface area contributed by atoms with E-state index in [4.69, 9.17) is 4.74 Å². The first-order valence-corrected chi connectivity index (χ1v) is 5.53. The molecule has 0 aromatic heterocycles. The predicted octanol–water partition coefficient (Wildman–Crippen LogP) is 1.25. The summed E-state index contributed by atoms with van der Waals surface area (Å²) in [5.41, 5.74) is 2.13. The maximum absolute atomic E-state index is 11.4. The van der Waals surface area contributed by atoms with E-state index in [9.17, 15) is 9.59 Å². The van der Waals surface area contributed by atoms with Crippen molar-refractivity contribution in [2.75, 3.05) is 13.1 Å². The Labute approximate surface area is 96.1 Å². The fraction of sp³-hybridized carbons (Fsp3) is 0.818. The third-order valence-electron chi connectivity index (χ3n) is 2.24. The van der Waals surface area contributed by atoms with E-state index < -0.39 is 11.7 Å². The molecule has 0 spiro atoms. The van der Waals surface area contributed by atoms with Crippen molar-refractivity contribution in [1.29, 1.82) is 0 Å². The molecule has 1 heterocycles. The lowest BCUT2D eigenvalue weighted by Gasteiger charge is -2.30. The zero-order valence-corrected chi connectivity index (χ0v) is 10.1. The van der Waals surface area contributed by atoms with Crippen LogP contribution in [0.2, 0.25) is 0 Å². The standard InChI is InChI=1S/C11H19N2O3/c1-11(2,3)16-10(15)12-13-6-4-5-9(7-13)8-14/h9H,4-7H2,1-3H3,(H,12,15). The maximum Gasteiger partial charge on any atom is 0.422 e. The van der Waals surface area contributed by atoms with E-state index in [0.29, 0.717) is 6.54 Å². The molecule has 1 saturated heterocycles. The molecule has 16 heavy (non-hydrogen) atoms. The first-order chi connectivity index (χ1) is 7.40. The number of nitrogens with one attached hydrogen (secondary N) is 1. The minimum Gasteiger partial charge on any atom is -0.443 e. The summed E-state index contributed by atoms with van der Waals surface area (Å²) < 4.78 is 5.12. The summed E-state index contributed by atoms with van der Waals surface area (Å²) in [7, 11) is 0. The van der Waals surface area contributed by atoms with Gasteiger partial charge in [0, 0.05) is 19.0 Å². The smallest absolute Gasteiger partial charge is 0.422 e. The molecule has 1 aliphatic heterocycles. The van der Waals surface area contributed by atoms with Gasteiger partial charge in [-0.15, -0.1) is 0 Å². The SMILES string of the molecule is CC(C)(C)OC(=O)NN1CCCC([C]=O)C1. The van der Waals surface area contributed by atoms with Crippen molar-refractivity contribution in [3.05, 3.63) is 0 Å². The third-order valence-corrected chi connectivity index (χ3v) is 2.24. The zero-order chi connectivity index (χ0) is 12.2. The lowest BCUT2D eigenvalue weighted by molar-refractivity contribution is 0.0275. The van der Waals surface area contributed by atoms with Gasteiger partial charge in [0.05, 0.1) is 0 Å². The van der Waals surface area contributed by atoms with Crippen molar-refractivity contribution in [2.45, 2.75) is 39.2 Å². The van der Waals surface area contributed by atoms with Crippen LogP contribution in [0.25, 0.3) is 0 Å². The molecule has 0 aromatic carbocycles. The Morgan fingerprint density at radius 3 is 2.75 bits per heavy atom. The maximum atomic E-state index is 11.4. The summed E-state index contributed by atoms with van der Waals surface area (Å²) in [5, 5.41) is 1.72. The minimum atomic E-state index is -0.504. The Morgan fingerprint density at radius 2 is 2.19 bits per heavy atom. The molecule has 1 aliphatic rings. The highest BCUT2D eigenvalue weighted by molar-refractivity contribution is 5.67. The molecule has 1 atom stereocenters. The second-order valence-electron chi connectivity index (χ2n) is 5.02. The van der Waals surface area contributed by atoms with Crippen LogP contribution in [0.3, 0.4) is 0 Å². The molecule has 1 N–H and O–H groups in total. The zero-order valence-electron chi connectivity index (χ0n) is 10.1. The number of rotatable bonds is 2. The molecule has 1 unspecified atom stereocenters. The molecule has 0 bridgehead atoms. The quantitative estimate of drug-likeness (QED) is 0.771. The average Bonchev–Trinajstić information content (AvgIpc) is 2.15. The number of ether oxygens (including phenoxy) is 1. The summed E-state index contributed by atoms with van der Waals surface area (Å²) in [6.45, 7) is 6.69. The normalized spacial score (nSPS) is 22.6. The van der Waals surface area contributed by atoms with Crippen molar-refractivity contribution in [2.24, 2.45) is 5.92 Å². The molecule has 0 saturated carbocycles. The topological polar surface area (TPSA) is 58.6 Å². The Bertz CT molecular complexity index is 260. The highest BCUT2D eigenvalue weighted by Crippen LogP contribution is 2.13. The minimum absolute atomic E-state index is 0.108. The Morgan fingerprint density at radius 1 is 1.50 bits per heavy atom. The molecule has 5 heteroatoms. The van der Waals surface area contributed by atoms with Gasteiger partial charge in [0.2, 0.25) is 6.29 Å². The number of carbonyl (C=O) groups excluding carboxylic acids is 2. The lowest BCUT2D eigenvalue weighted by atomic mass is 10.0. The Hall–Kier alpha value is -1.10. The van der Waals surface area contributed by atoms with E-state index in [1.54, 1.807) is 5.01 Å². The highest BCUT2D eigenvalue weighted by Gasteiger charge is 2.23. The monoisotopic (exact) mass is 227 g/mol. The van der Waals surface area contributed by atoms with E-state index in [1.165, 1.54) is 0 Å². The molecule has 5 nitrogen and oxygen atoms in total. The van der Waals surface area contributed by atoms with Crippen LogP contribution in [0, 0.1) is 5.92 Å². The van der Waals surface area contributed by atoms with Crippen molar-refractivity contribution in [3.8, 4) is 0 Å². The molecule has 0 aromatic rings. The Kier molecular flexibility index (Phi) is 4.29. The van der Waals surface area contributed by atoms with Crippen LogP contribution in [0.1, 0.15) is 33.6 Å². The molecule has 1 radical (unpaired) electrons. The van der Waals surface area contributed by atoms with Crippen LogP contribution in [0.15, 0.2) is 0 Å². The van der Waals surface area contributed by atoms with Crippen LogP contribution < -0.4 is 5.43 Å². The second-order valence-corrected chi connectivity index (χ2v) is 5.02. The average molecular weight is 227 g/mol. The van der Waals surface area contributed by atoms with E-state index in [2.05, 4.69) is 5.43 Å². The lowest BCUT2D eigenvalue weighted by Crippen LogP contribution is -2.49. The number of hydrazine groups is 1. The summed E-state index contributed by atoms with van der Waals surface area (Å²) in [6, 6.07) is 0. The van der Waals surface area contributed by atoms with Gasteiger partial charge in [-0.05, 0) is 33.6 Å². The fourth-order valence-electron chi connectivity index (χ4n) is 1.60. The highest BCUT2D eigenvalue weighted by atomic mass is 16.6. The third kappa shape index (κ3) is 4.61. The fourth-order valence-corrected chi connectivity index (χ4v) is 1.60. The molecule has 1 amide bonds. The van der Waals surface area contributed by atoms with Gasteiger partial charge in [0.1, 0.15) is 5.60 Å². The summed E-state index contributed by atoms with van der Waals surface area (Å²) in [4.78, 5) is 22.0. The Balaban J connectivity index is 2.36. The first-order valence-electron chi connectivity index (χ1n) is 5.53. The van der Waals surface area contributed by atoms with Gasteiger partial charge < -0.3 is 4.74 Å². The summed E-state index contributed by atoms with van der Waals surface area (Å²) in [5.74, 6) is -0.108. The van der Waals surface area contributed by atoms with Crippen LogP contribution in [0.5, 0.6) is 0 Å². The van der Waals surface area contributed by atoms with Crippen molar-refractivity contribution >= 4 is 12.4 Å². The van der Waals surface area contributed by atoms with Crippen LogP contribution in [0.4, 0.5) is 4.79 Å². The van der Waals surface area contributed by atoms with Crippen LogP contribution in [-0.4, -0.2) is 36.1 Å². The molecule has 1 fully saturated rings. The second kappa shape index (κ2) is 5.30. The number of carbonyl (C=O) groups is 1. The van der Waals surface area contributed by atoms with Crippen LogP contribution >= 0.6 is 0 Å². The summed E-state index contributed by atoms with van der Waals surface area (Å²) in [6.07, 6.45) is 3.23. The number of nitrogens with zero attached hydrogens (tertiary/aromatic N) is 1. The van der Waals surface area contributed by atoms with Crippen molar-refractivity contribution in [3.63, 3.8) is 0 Å². The first kappa shape index (κ1) is 13.0. The van der Waals surface area contributed by atoms with Gasteiger partial charge in [-0.3, -0.25) is 10.2 Å². The van der Waals surface area contributed by atoms with Gasteiger partial charge in [-0.2, -0.15) is 0 Å². The largest absolute Gasteiger partial charge is 0.443 e. The molecule has 1 rings (SSSR count). The number of piperidine rings is 1. The van der Waals surface area contributed by atoms with E-state index >= 15 is 0 Å². The molecular weight excluding hydrogens is 208 g/mol. The number of amides is 1. The molecule has 0 aliphatic carbocycles. The number of hydrogen-bond donors (Lipinski definition) is 1. The predicted molar refractivity (Wildman–Crippen MR) is 59.4 cm³/mol. The molecular formula is C11H19N2O3. The summed E-state index contributed by atoms with van der Waals surface area (Å²) >= 11 is 0. The van der Waals surface area contributed by atoms with Gasteiger partial charge in [0.25, 0.3) is 0 Å². The van der Waals surface area contributed by atoms with Gasteiger partial charge >= 0.3 is 6.09 Å². The van der Waals surface area contributed by atoms with Gasteiger partial charge in [0.15, 0.2) is 0 Å². The number of hydrogen-bond acceptors (Lipinski definition) is 4. The molecule has 91 valence electrons. The van der Waals surface area contributed by atoms with E-state index in [1.807, 2.05) is 27.1 Å². The van der Waals surface area contributed by atoms with Crippen molar-refractivity contribution in [1.82, 2.24) is 10.4 Å². The van der Waals surface area contributed by atoms with Gasteiger partial charge in [-0.1, -0.05) is 0 Å². The van der Waals surface area contributed by atoms with E-state index in [-0.39, 0.29) is 5.92 Å². The van der Waals surface area contributed by atoms with Crippen LogP contribution in [-0.2, 0) is 9.53 Å².